The van der Waals surface area contributed by atoms with Crippen LogP contribution in [0.2, 0.25) is 0 Å². The minimum atomic E-state index is -1.05. The van der Waals surface area contributed by atoms with Gasteiger partial charge in [-0.15, -0.1) is 0 Å². The Hall–Kier alpha value is -2.04. The summed E-state index contributed by atoms with van der Waals surface area (Å²) in [4.78, 5) is 31.0. The number of benzene rings is 1. The van der Waals surface area contributed by atoms with Crippen molar-refractivity contribution in [1.82, 2.24) is 0 Å². The predicted molar refractivity (Wildman–Crippen MR) is 59.2 cm³/mol. The second-order valence-electron chi connectivity index (χ2n) is 4.28. The molecule has 1 aromatic rings. The molecule has 0 N–H and O–H groups in total. The minimum Gasteiger partial charge on any atom is -0.426 e. The van der Waals surface area contributed by atoms with Crippen molar-refractivity contribution >= 4 is 12.1 Å². The summed E-state index contributed by atoms with van der Waals surface area (Å²) in [6.45, 7) is 5.02. The van der Waals surface area contributed by atoms with E-state index in [1.54, 1.807) is 51.1 Å². The summed E-state index contributed by atoms with van der Waals surface area (Å²) in [6.07, 6.45) is -1.05. The first-order chi connectivity index (χ1) is 7.88. The summed E-state index contributed by atoms with van der Waals surface area (Å²) in [6, 6.07) is 8.18. The molecule has 0 amide bonds. The molecule has 0 spiro atoms. The molecule has 17 heavy (non-hydrogen) atoms. The van der Waals surface area contributed by atoms with Crippen molar-refractivity contribution < 1.29 is 24.1 Å². The smallest absolute Gasteiger partial charge is 0.426 e. The fourth-order valence-electron chi connectivity index (χ4n) is 0.961. The van der Waals surface area contributed by atoms with E-state index in [2.05, 4.69) is 9.78 Å². The van der Waals surface area contributed by atoms with Crippen molar-refractivity contribution in [3.63, 3.8) is 0 Å². The van der Waals surface area contributed by atoms with Crippen LogP contribution in [0, 0.1) is 0 Å². The molecule has 0 aliphatic rings. The Labute approximate surface area is 99.2 Å². The average molecular weight is 238 g/mol. The van der Waals surface area contributed by atoms with E-state index >= 15 is 0 Å². The zero-order valence-electron chi connectivity index (χ0n) is 9.93. The highest BCUT2D eigenvalue weighted by molar-refractivity contribution is 5.89. The Bertz CT molecular complexity index is 391. The second-order valence-corrected chi connectivity index (χ2v) is 4.28. The largest absolute Gasteiger partial charge is 0.550 e. The van der Waals surface area contributed by atoms with Gasteiger partial charge in [0.1, 0.15) is 5.60 Å². The molecule has 0 unspecified atom stereocenters. The van der Waals surface area contributed by atoms with Gasteiger partial charge in [-0.3, -0.25) is 0 Å². The summed E-state index contributed by atoms with van der Waals surface area (Å²) in [5, 5.41) is 0. The van der Waals surface area contributed by atoms with Crippen molar-refractivity contribution in [2.45, 2.75) is 26.4 Å². The van der Waals surface area contributed by atoms with Gasteiger partial charge in [0, 0.05) is 0 Å². The summed E-state index contributed by atoms with van der Waals surface area (Å²) in [7, 11) is 0. The molecule has 1 aromatic carbocycles. The molecule has 5 nitrogen and oxygen atoms in total. The lowest BCUT2D eigenvalue weighted by molar-refractivity contribution is -0.211. The molecular formula is C12H14O5. The quantitative estimate of drug-likeness (QED) is 0.427. The molecule has 1 rings (SSSR count). The highest BCUT2D eigenvalue weighted by atomic mass is 17.2. The maximum absolute atomic E-state index is 11.4. The van der Waals surface area contributed by atoms with Gasteiger partial charge < -0.3 is 4.74 Å². The van der Waals surface area contributed by atoms with Gasteiger partial charge in [-0.1, -0.05) is 18.2 Å². The van der Waals surface area contributed by atoms with Crippen molar-refractivity contribution in [3.05, 3.63) is 35.9 Å². The number of rotatable bonds is 1. The van der Waals surface area contributed by atoms with Crippen LogP contribution < -0.4 is 0 Å². The molecule has 0 atom stereocenters. The van der Waals surface area contributed by atoms with Crippen LogP contribution in [0.4, 0.5) is 4.79 Å². The van der Waals surface area contributed by atoms with Crippen LogP contribution in [0.5, 0.6) is 0 Å². The Morgan fingerprint density at radius 2 is 1.59 bits per heavy atom. The summed E-state index contributed by atoms with van der Waals surface area (Å²) >= 11 is 0. The topological polar surface area (TPSA) is 61.8 Å². The molecule has 5 heteroatoms. The van der Waals surface area contributed by atoms with E-state index in [1.807, 2.05) is 0 Å². The maximum atomic E-state index is 11.4. The van der Waals surface area contributed by atoms with E-state index in [0.29, 0.717) is 0 Å². The first-order valence-corrected chi connectivity index (χ1v) is 5.05. The third kappa shape index (κ3) is 5.01. The monoisotopic (exact) mass is 238 g/mol. The normalized spacial score (nSPS) is 10.5. The Kier molecular flexibility index (Phi) is 4.09. The molecule has 92 valence electrons. The van der Waals surface area contributed by atoms with E-state index in [9.17, 15) is 9.59 Å². The van der Waals surface area contributed by atoms with Crippen molar-refractivity contribution in [3.8, 4) is 0 Å². The SMILES string of the molecule is CC(C)(C)OC(=O)OOC(=O)c1ccccc1. The summed E-state index contributed by atoms with van der Waals surface area (Å²) < 4.78 is 4.79. The average Bonchev–Trinajstić information content (AvgIpc) is 2.25. The molecule has 0 aliphatic heterocycles. The van der Waals surface area contributed by atoms with Gasteiger partial charge in [0.15, 0.2) is 0 Å². The van der Waals surface area contributed by atoms with Crippen LogP contribution in [-0.4, -0.2) is 17.7 Å². The lowest BCUT2D eigenvalue weighted by Crippen LogP contribution is -2.25. The fourth-order valence-corrected chi connectivity index (χ4v) is 0.961. The van der Waals surface area contributed by atoms with Crippen molar-refractivity contribution in [2.75, 3.05) is 0 Å². The standard InChI is InChI=1S/C12H14O5/c1-12(2,3)15-11(14)17-16-10(13)9-7-5-4-6-8-9/h4-8H,1-3H3. The van der Waals surface area contributed by atoms with Gasteiger partial charge in [0.05, 0.1) is 5.56 Å². The van der Waals surface area contributed by atoms with Crippen LogP contribution in [0.1, 0.15) is 31.1 Å². The van der Waals surface area contributed by atoms with Gasteiger partial charge in [-0.2, -0.15) is 4.79 Å². The second kappa shape index (κ2) is 5.34. The van der Waals surface area contributed by atoms with Crippen LogP contribution in [0.15, 0.2) is 30.3 Å². The van der Waals surface area contributed by atoms with E-state index in [-0.39, 0.29) is 5.56 Å². The predicted octanol–water partition coefficient (Wildman–Crippen LogP) is 2.71. The van der Waals surface area contributed by atoms with Gasteiger partial charge in [0.25, 0.3) is 0 Å². The first-order valence-electron chi connectivity index (χ1n) is 5.05. The third-order valence-electron chi connectivity index (χ3n) is 1.58. The summed E-state index contributed by atoms with van der Waals surface area (Å²) in [5.41, 5.74) is -0.410. The Morgan fingerprint density at radius 3 is 2.12 bits per heavy atom. The van der Waals surface area contributed by atoms with Gasteiger partial charge >= 0.3 is 12.1 Å². The highest BCUT2D eigenvalue weighted by Crippen LogP contribution is 2.09. The molecular weight excluding hydrogens is 224 g/mol. The van der Waals surface area contributed by atoms with Crippen molar-refractivity contribution in [2.24, 2.45) is 0 Å². The zero-order valence-corrected chi connectivity index (χ0v) is 9.93. The van der Waals surface area contributed by atoms with E-state index < -0.39 is 17.7 Å². The highest BCUT2D eigenvalue weighted by Gasteiger charge is 2.20. The van der Waals surface area contributed by atoms with Crippen LogP contribution >= 0.6 is 0 Å². The number of carbonyl (C=O) groups is 2. The third-order valence-corrected chi connectivity index (χ3v) is 1.58. The van der Waals surface area contributed by atoms with Gasteiger partial charge in [0.2, 0.25) is 0 Å². The fraction of sp³-hybridized carbons (Fsp3) is 0.333. The van der Waals surface area contributed by atoms with Crippen LogP contribution in [0.25, 0.3) is 0 Å². The number of hydrogen-bond acceptors (Lipinski definition) is 5. The Morgan fingerprint density at radius 1 is 1.00 bits per heavy atom. The van der Waals surface area contributed by atoms with Gasteiger partial charge in [-0.05, 0) is 32.9 Å². The minimum absolute atomic E-state index is 0.288. The number of carbonyl (C=O) groups excluding carboxylic acids is 2. The Balaban J connectivity index is 2.42. The van der Waals surface area contributed by atoms with Crippen LogP contribution in [0.3, 0.4) is 0 Å². The van der Waals surface area contributed by atoms with Crippen molar-refractivity contribution in [1.29, 1.82) is 0 Å². The zero-order chi connectivity index (χ0) is 12.9. The number of ether oxygens (including phenoxy) is 1. The van der Waals surface area contributed by atoms with Crippen LogP contribution in [-0.2, 0) is 14.5 Å². The van der Waals surface area contributed by atoms with E-state index in [4.69, 9.17) is 4.74 Å². The molecule has 0 radical (unpaired) electrons. The molecule has 0 aromatic heterocycles. The summed E-state index contributed by atoms with van der Waals surface area (Å²) in [5.74, 6) is -0.753. The number of hydrogen-bond donors (Lipinski definition) is 0. The molecule has 0 saturated heterocycles. The van der Waals surface area contributed by atoms with E-state index in [0.717, 1.165) is 0 Å². The lowest BCUT2D eigenvalue weighted by atomic mass is 10.2. The molecule has 0 aliphatic carbocycles. The molecule has 0 bridgehead atoms. The first kappa shape index (κ1) is 13.0. The maximum Gasteiger partial charge on any atom is 0.550 e. The van der Waals surface area contributed by atoms with Gasteiger partial charge in [-0.25, -0.2) is 14.6 Å². The lowest BCUT2D eigenvalue weighted by Gasteiger charge is -2.17. The molecule has 0 fully saturated rings. The van der Waals surface area contributed by atoms with E-state index in [1.165, 1.54) is 0 Å². The molecule has 0 saturated carbocycles. The molecule has 0 heterocycles.